The molecule has 0 aromatic heterocycles. The van der Waals surface area contributed by atoms with Crippen molar-refractivity contribution >= 4 is 31.2 Å². The van der Waals surface area contributed by atoms with Crippen molar-refractivity contribution in [3.8, 4) is 10.7 Å². The predicted octanol–water partition coefficient (Wildman–Crippen LogP) is 1.90. The first-order valence-corrected chi connectivity index (χ1v) is 5.71. The third kappa shape index (κ3) is 4.15. The molecule has 1 aromatic rings. The van der Waals surface area contributed by atoms with E-state index in [0.717, 1.165) is 5.56 Å². The molecule has 0 spiro atoms. The SMILES string of the molecule is CC(=O)[Se]C#Cc1ccc(Cl)cc1. The monoisotopic (exact) mass is 258 g/mol. The average molecular weight is 258 g/mol. The molecule has 13 heavy (non-hydrogen) atoms. The van der Waals surface area contributed by atoms with Crippen LogP contribution in [0.3, 0.4) is 0 Å². The van der Waals surface area contributed by atoms with Crippen LogP contribution in [0.15, 0.2) is 24.3 Å². The second-order valence-corrected chi connectivity index (χ2v) is 4.83. The number of benzene rings is 1. The Kier molecular flexibility index (Phi) is 4.05. The van der Waals surface area contributed by atoms with Crippen LogP contribution < -0.4 is 0 Å². The Labute approximate surface area is 88.6 Å². The van der Waals surface area contributed by atoms with Gasteiger partial charge in [0.25, 0.3) is 0 Å². The van der Waals surface area contributed by atoms with E-state index in [2.05, 4.69) is 10.7 Å². The van der Waals surface area contributed by atoms with Crippen molar-refractivity contribution in [1.29, 1.82) is 0 Å². The van der Waals surface area contributed by atoms with E-state index in [9.17, 15) is 4.79 Å². The third-order valence-electron chi connectivity index (χ3n) is 1.23. The fourth-order valence-electron chi connectivity index (χ4n) is 0.690. The van der Waals surface area contributed by atoms with E-state index < -0.39 is 0 Å². The zero-order valence-corrected chi connectivity index (χ0v) is 9.47. The summed E-state index contributed by atoms with van der Waals surface area (Å²) in [7, 11) is 0. The summed E-state index contributed by atoms with van der Waals surface area (Å²) in [6, 6.07) is 7.25. The number of hydrogen-bond acceptors (Lipinski definition) is 1. The van der Waals surface area contributed by atoms with Gasteiger partial charge in [0.1, 0.15) is 0 Å². The molecule has 0 heterocycles. The normalized spacial score (nSPS) is 8.77. The third-order valence-corrected chi connectivity index (χ3v) is 2.52. The summed E-state index contributed by atoms with van der Waals surface area (Å²) in [5, 5.41) is 0.697. The second kappa shape index (κ2) is 5.09. The molecule has 0 N–H and O–H groups in total. The molecule has 0 saturated heterocycles. The molecule has 0 saturated carbocycles. The average Bonchev–Trinajstić information content (AvgIpc) is 2.08. The molecule has 0 aliphatic carbocycles. The Morgan fingerprint density at radius 3 is 2.54 bits per heavy atom. The predicted molar refractivity (Wildman–Crippen MR) is 54.8 cm³/mol. The van der Waals surface area contributed by atoms with Crippen LogP contribution in [0.1, 0.15) is 12.5 Å². The number of halogens is 1. The quantitative estimate of drug-likeness (QED) is 0.555. The molecule has 0 aliphatic rings. The molecule has 0 aliphatic heterocycles. The van der Waals surface area contributed by atoms with E-state index in [1.54, 1.807) is 19.1 Å². The van der Waals surface area contributed by atoms with E-state index >= 15 is 0 Å². The summed E-state index contributed by atoms with van der Waals surface area (Å²) >= 11 is 5.49. The molecular formula is C10H7ClOSe. The first kappa shape index (κ1) is 10.3. The molecule has 3 heteroatoms. The summed E-state index contributed by atoms with van der Waals surface area (Å²) in [4.78, 5) is 13.4. The molecule has 1 rings (SSSR count). The Hall–Kier alpha value is -0.741. The first-order valence-electron chi connectivity index (χ1n) is 3.62. The minimum atomic E-state index is -0.209. The topological polar surface area (TPSA) is 17.1 Å². The van der Waals surface area contributed by atoms with Crippen LogP contribution in [-0.2, 0) is 4.79 Å². The number of carbonyl (C=O) groups excluding carboxylic acids is 1. The zero-order chi connectivity index (χ0) is 9.68. The van der Waals surface area contributed by atoms with Gasteiger partial charge in [-0.2, -0.15) is 0 Å². The first-order chi connectivity index (χ1) is 6.18. The Bertz CT molecular complexity index is 359. The van der Waals surface area contributed by atoms with Crippen molar-refractivity contribution in [3.63, 3.8) is 0 Å². The molecule has 0 bridgehead atoms. The summed E-state index contributed by atoms with van der Waals surface area (Å²) in [6.45, 7) is 1.55. The Morgan fingerprint density at radius 1 is 1.38 bits per heavy atom. The van der Waals surface area contributed by atoms with E-state index in [-0.39, 0.29) is 19.6 Å². The number of hydrogen-bond donors (Lipinski definition) is 0. The van der Waals surface area contributed by atoms with Gasteiger partial charge < -0.3 is 0 Å². The standard InChI is InChI=1S/C10H7ClOSe/c1-8(12)13-7-6-9-2-4-10(11)5-3-9/h2-5H,1H3. The van der Waals surface area contributed by atoms with Gasteiger partial charge in [0.15, 0.2) is 0 Å². The van der Waals surface area contributed by atoms with Gasteiger partial charge in [-0.15, -0.1) is 0 Å². The van der Waals surface area contributed by atoms with Gasteiger partial charge >= 0.3 is 88.5 Å². The van der Waals surface area contributed by atoms with Crippen molar-refractivity contribution in [2.24, 2.45) is 0 Å². The molecule has 0 radical (unpaired) electrons. The second-order valence-electron chi connectivity index (χ2n) is 2.33. The number of rotatable bonds is 1. The van der Waals surface area contributed by atoms with E-state index in [1.807, 2.05) is 12.1 Å². The molecule has 1 aromatic carbocycles. The van der Waals surface area contributed by atoms with Crippen LogP contribution in [0, 0.1) is 10.7 Å². The fourth-order valence-corrected chi connectivity index (χ4v) is 1.47. The summed E-state index contributed by atoms with van der Waals surface area (Å²) in [6.07, 6.45) is 0. The maximum atomic E-state index is 10.6. The van der Waals surface area contributed by atoms with Gasteiger partial charge in [0.05, 0.1) is 0 Å². The molecule has 1 nitrogen and oxygen atoms in total. The molecule has 0 fully saturated rings. The van der Waals surface area contributed by atoms with Crippen molar-refractivity contribution < 1.29 is 4.79 Å². The van der Waals surface area contributed by atoms with Crippen molar-refractivity contribution in [2.45, 2.75) is 6.92 Å². The van der Waals surface area contributed by atoms with Crippen LogP contribution in [0.5, 0.6) is 0 Å². The molecule has 66 valence electrons. The van der Waals surface area contributed by atoms with Crippen LogP contribution in [-0.4, -0.2) is 19.6 Å². The van der Waals surface area contributed by atoms with Gasteiger partial charge in [-0.1, -0.05) is 0 Å². The molecular weight excluding hydrogens is 251 g/mol. The number of carbonyl (C=O) groups is 1. The zero-order valence-electron chi connectivity index (χ0n) is 7.00. The Balaban J connectivity index is 2.67. The van der Waals surface area contributed by atoms with Crippen molar-refractivity contribution in [3.05, 3.63) is 34.9 Å². The van der Waals surface area contributed by atoms with Gasteiger partial charge in [0, 0.05) is 0 Å². The fraction of sp³-hybridized carbons (Fsp3) is 0.100. The van der Waals surface area contributed by atoms with E-state index in [0.29, 0.717) is 5.02 Å². The van der Waals surface area contributed by atoms with E-state index in [1.165, 1.54) is 0 Å². The van der Waals surface area contributed by atoms with Crippen LogP contribution >= 0.6 is 11.6 Å². The van der Waals surface area contributed by atoms with Gasteiger partial charge in [-0.3, -0.25) is 0 Å². The van der Waals surface area contributed by atoms with Crippen molar-refractivity contribution in [2.75, 3.05) is 0 Å². The minimum absolute atomic E-state index is 0.147. The summed E-state index contributed by atoms with van der Waals surface area (Å²) in [5.74, 6) is 2.90. The van der Waals surface area contributed by atoms with Crippen molar-refractivity contribution in [1.82, 2.24) is 0 Å². The van der Waals surface area contributed by atoms with Gasteiger partial charge in [-0.05, 0) is 0 Å². The Morgan fingerprint density at radius 2 is 2.00 bits per heavy atom. The summed E-state index contributed by atoms with van der Waals surface area (Å²) < 4.78 is 0.147. The van der Waals surface area contributed by atoms with Crippen LogP contribution in [0.2, 0.25) is 5.02 Å². The molecule has 0 unspecified atom stereocenters. The van der Waals surface area contributed by atoms with Gasteiger partial charge in [0.2, 0.25) is 0 Å². The maximum absolute atomic E-state index is 10.6. The van der Waals surface area contributed by atoms with Crippen LogP contribution in [0.25, 0.3) is 0 Å². The summed E-state index contributed by atoms with van der Waals surface area (Å²) in [5.41, 5.74) is 0.896. The van der Waals surface area contributed by atoms with Gasteiger partial charge in [-0.25, -0.2) is 0 Å². The van der Waals surface area contributed by atoms with E-state index in [4.69, 9.17) is 11.6 Å². The molecule has 0 amide bonds. The molecule has 0 atom stereocenters. The van der Waals surface area contributed by atoms with Crippen LogP contribution in [0.4, 0.5) is 0 Å².